The predicted molar refractivity (Wildman–Crippen MR) is 95.4 cm³/mol. The molecule has 0 aliphatic rings. The lowest BCUT2D eigenvalue weighted by atomic mass is 9.94. The van der Waals surface area contributed by atoms with Gasteiger partial charge >= 0.3 is 0 Å². The maximum Gasteiger partial charge on any atom is 0.249 e. The van der Waals surface area contributed by atoms with Crippen LogP contribution in [0.3, 0.4) is 0 Å². The summed E-state index contributed by atoms with van der Waals surface area (Å²) in [6.07, 6.45) is 5.88. The highest BCUT2D eigenvalue weighted by Gasteiger charge is 2.21. The quantitative estimate of drug-likeness (QED) is 0.634. The van der Waals surface area contributed by atoms with Crippen molar-refractivity contribution in [2.24, 2.45) is 5.73 Å². The van der Waals surface area contributed by atoms with E-state index in [9.17, 15) is 4.79 Å². The zero-order valence-corrected chi connectivity index (χ0v) is 14.3. The SMILES string of the molecule is CCCCCC(CC)c1sc(-c2ccccc2)cc1C(N)=O. The molecule has 1 atom stereocenters. The third-order valence-corrected chi connectivity index (χ3v) is 5.45. The Morgan fingerprint density at radius 2 is 1.91 bits per heavy atom. The van der Waals surface area contributed by atoms with Crippen molar-refractivity contribution < 1.29 is 4.79 Å². The van der Waals surface area contributed by atoms with E-state index < -0.39 is 0 Å². The van der Waals surface area contributed by atoms with Gasteiger partial charge in [0.25, 0.3) is 0 Å². The second-order valence-electron chi connectivity index (χ2n) is 5.72. The van der Waals surface area contributed by atoms with Crippen LogP contribution >= 0.6 is 11.3 Å². The van der Waals surface area contributed by atoms with Crippen LogP contribution in [-0.4, -0.2) is 5.91 Å². The van der Waals surface area contributed by atoms with Crippen molar-refractivity contribution in [2.45, 2.75) is 51.9 Å². The Morgan fingerprint density at radius 1 is 1.18 bits per heavy atom. The molecule has 1 amide bonds. The molecule has 1 unspecified atom stereocenters. The topological polar surface area (TPSA) is 43.1 Å². The molecule has 2 rings (SSSR count). The summed E-state index contributed by atoms with van der Waals surface area (Å²) in [6, 6.07) is 12.2. The zero-order valence-electron chi connectivity index (χ0n) is 13.5. The number of amides is 1. The third kappa shape index (κ3) is 3.98. The van der Waals surface area contributed by atoms with Gasteiger partial charge in [-0.15, -0.1) is 11.3 Å². The first-order valence-electron chi connectivity index (χ1n) is 8.16. The summed E-state index contributed by atoms with van der Waals surface area (Å²) in [6.45, 7) is 4.41. The molecule has 0 aliphatic heterocycles. The van der Waals surface area contributed by atoms with Gasteiger partial charge in [0.15, 0.2) is 0 Å². The highest BCUT2D eigenvalue weighted by molar-refractivity contribution is 7.16. The number of hydrogen-bond donors (Lipinski definition) is 1. The fraction of sp³-hybridized carbons (Fsp3) is 0.421. The molecule has 0 bridgehead atoms. The van der Waals surface area contributed by atoms with Crippen LogP contribution in [0.1, 0.15) is 67.1 Å². The number of thiophene rings is 1. The van der Waals surface area contributed by atoms with E-state index in [0.717, 1.165) is 23.3 Å². The van der Waals surface area contributed by atoms with Gasteiger partial charge in [-0.2, -0.15) is 0 Å². The number of nitrogens with two attached hydrogens (primary N) is 1. The molecule has 1 aromatic carbocycles. The maximum absolute atomic E-state index is 11.8. The van der Waals surface area contributed by atoms with Crippen molar-refractivity contribution in [2.75, 3.05) is 0 Å². The van der Waals surface area contributed by atoms with Crippen molar-refractivity contribution in [3.63, 3.8) is 0 Å². The Balaban J connectivity index is 2.32. The Bertz CT molecular complexity index is 603. The van der Waals surface area contributed by atoms with E-state index in [4.69, 9.17) is 5.73 Å². The van der Waals surface area contributed by atoms with Gasteiger partial charge in [-0.3, -0.25) is 4.79 Å². The molecule has 0 saturated heterocycles. The number of carbonyl (C=O) groups excluding carboxylic acids is 1. The molecular formula is C19H25NOS. The molecular weight excluding hydrogens is 290 g/mol. The molecule has 1 aromatic heterocycles. The molecule has 0 spiro atoms. The van der Waals surface area contributed by atoms with Gasteiger partial charge in [0, 0.05) is 9.75 Å². The average molecular weight is 315 g/mol. The molecule has 3 heteroatoms. The molecule has 0 radical (unpaired) electrons. The van der Waals surface area contributed by atoms with Crippen LogP contribution in [0.15, 0.2) is 36.4 Å². The first-order chi connectivity index (χ1) is 10.7. The lowest BCUT2D eigenvalue weighted by molar-refractivity contribution is 0.0999. The molecule has 22 heavy (non-hydrogen) atoms. The minimum absolute atomic E-state index is 0.303. The summed E-state index contributed by atoms with van der Waals surface area (Å²) in [5, 5.41) is 0. The van der Waals surface area contributed by atoms with Crippen molar-refractivity contribution in [3.05, 3.63) is 46.8 Å². The highest BCUT2D eigenvalue weighted by Crippen LogP contribution is 2.39. The van der Waals surface area contributed by atoms with Crippen LogP contribution in [0.5, 0.6) is 0 Å². The van der Waals surface area contributed by atoms with Crippen molar-refractivity contribution >= 4 is 17.2 Å². The molecule has 2 N–H and O–H groups in total. The van der Waals surface area contributed by atoms with Crippen molar-refractivity contribution in [1.29, 1.82) is 0 Å². The highest BCUT2D eigenvalue weighted by atomic mass is 32.1. The van der Waals surface area contributed by atoms with Crippen LogP contribution in [0.4, 0.5) is 0 Å². The second kappa shape index (κ2) is 8.14. The summed E-state index contributed by atoms with van der Waals surface area (Å²) in [5.74, 6) is 0.138. The molecule has 0 aliphatic carbocycles. The monoisotopic (exact) mass is 315 g/mol. The summed E-state index contributed by atoms with van der Waals surface area (Å²) in [7, 11) is 0. The van der Waals surface area contributed by atoms with Crippen molar-refractivity contribution in [3.8, 4) is 10.4 Å². The van der Waals surface area contributed by atoms with Crippen LogP contribution in [0, 0.1) is 0 Å². The molecule has 2 aromatic rings. The fourth-order valence-corrected chi connectivity index (χ4v) is 4.20. The Kier molecular flexibility index (Phi) is 6.20. The van der Waals surface area contributed by atoms with Crippen LogP contribution in [0.2, 0.25) is 0 Å². The fourth-order valence-electron chi connectivity index (χ4n) is 2.81. The van der Waals surface area contributed by atoms with Gasteiger partial charge < -0.3 is 5.73 Å². The van der Waals surface area contributed by atoms with E-state index >= 15 is 0 Å². The predicted octanol–water partition coefficient (Wildman–Crippen LogP) is 5.59. The number of primary amides is 1. The van der Waals surface area contributed by atoms with E-state index in [0.29, 0.717) is 11.5 Å². The Labute approximate surface area is 137 Å². The number of benzene rings is 1. The average Bonchev–Trinajstić information content (AvgIpc) is 2.98. The number of carbonyl (C=O) groups is 1. The van der Waals surface area contributed by atoms with Gasteiger partial charge in [-0.25, -0.2) is 0 Å². The van der Waals surface area contributed by atoms with Gasteiger partial charge in [0.2, 0.25) is 5.91 Å². The Morgan fingerprint density at radius 3 is 2.50 bits per heavy atom. The lowest BCUT2D eigenvalue weighted by Gasteiger charge is -2.14. The first kappa shape index (κ1) is 16.8. The molecule has 0 saturated carbocycles. The second-order valence-corrected chi connectivity index (χ2v) is 6.80. The summed E-state index contributed by atoms with van der Waals surface area (Å²) in [5.41, 5.74) is 7.49. The smallest absolute Gasteiger partial charge is 0.249 e. The summed E-state index contributed by atoms with van der Waals surface area (Å²) in [4.78, 5) is 14.2. The van der Waals surface area contributed by atoms with Crippen LogP contribution in [-0.2, 0) is 0 Å². The third-order valence-electron chi connectivity index (χ3n) is 4.10. The van der Waals surface area contributed by atoms with E-state index in [-0.39, 0.29) is 5.91 Å². The number of rotatable bonds is 8. The van der Waals surface area contributed by atoms with Crippen LogP contribution < -0.4 is 5.73 Å². The van der Waals surface area contributed by atoms with Gasteiger partial charge in [0.1, 0.15) is 0 Å². The van der Waals surface area contributed by atoms with E-state index in [1.165, 1.54) is 24.1 Å². The maximum atomic E-state index is 11.8. The summed E-state index contributed by atoms with van der Waals surface area (Å²) >= 11 is 1.73. The lowest BCUT2D eigenvalue weighted by Crippen LogP contribution is -2.13. The summed E-state index contributed by atoms with van der Waals surface area (Å²) < 4.78 is 0. The van der Waals surface area contributed by atoms with Crippen LogP contribution in [0.25, 0.3) is 10.4 Å². The van der Waals surface area contributed by atoms with Crippen molar-refractivity contribution in [1.82, 2.24) is 0 Å². The number of unbranched alkanes of at least 4 members (excludes halogenated alkanes) is 2. The van der Waals surface area contributed by atoms with E-state index in [1.807, 2.05) is 24.3 Å². The minimum atomic E-state index is -0.303. The normalized spacial score (nSPS) is 12.3. The van der Waals surface area contributed by atoms with Gasteiger partial charge in [0.05, 0.1) is 5.56 Å². The molecule has 1 heterocycles. The van der Waals surface area contributed by atoms with E-state index in [2.05, 4.69) is 26.0 Å². The molecule has 118 valence electrons. The largest absolute Gasteiger partial charge is 0.366 e. The molecule has 2 nitrogen and oxygen atoms in total. The van der Waals surface area contributed by atoms with E-state index in [1.54, 1.807) is 11.3 Å². The van der Waals surface area contributed by atoms with Gasteiger partial charge in [-0.05, 0) is 30.4 Å². The first-order valence-corrected chi connectivity index (χ1v) is 8.97. The zero-order chi connectivity index (χ0) is 15.9. The molecule has 0 fully saturated rings. The standard InChI is InChI=1S/C19H25NOS/c1-3-5-7-10-14(4-2)18-16(19(20)21)13-17(22-18)15-11-8-6-9-12-15/h6,8-9,11-14H,3-5,7,10H2,1-2H3,(H2,20,21). The Hall–Kier alpha value is -1.61. The van der Waals surface area contributed by atoms with Gasteiger partial charge in [-0.1, -0.05) is 63.4 Å². The number of hydrogen-bond acceptors (Lipinski definition) is 2. The minimum Gasteiger partial charge on any atom is -0.366 e.